The first-order valence-corrected chi connectivity index (χ1v) is 8.81. The lowest BCUT2D eigenvalue weighted by Gasteiger charge is -2.05. The zero-order chi connectivity index (χ0) is 14.7. The summed E-state index contributed by atoms with van der Waals surface area (Å²) < 4.78 is 5.58. The molecule has 0 atom stereocenters. The summed E-state index contributed by atoms with van der Waals surface area (Å²) in [6.07, 6.45) is 14.8. The highest BCUT2D eigenvalue weighted by Gasteiger charge is 1.93. The van der Waals surface area contributed by atoms with Gasteiger partial charge in [0.05, 0.1) is 6.61 Å². The van der Waals surface area contributed by atoms with Gasteiger partial charge in [-0.05, 0) is 19.4 Å². The molecule has 0 aliphatic carbocycles. The van der Waals surface area contributed by atoms with E-state index < -0.39 is 0 Å². The van der Waals surface area contributed by atoms with Crippen LogP contribution >= 0.6 is 0 Å². The summed E-state index contributed by atoms with van der Waals surface area (Å²) in [5.41, 5.74) is 0. The molecule has 0 fully saturated rings. The highest BCUT2D eigenvalue weighted by Crippen LogP contribution is 2.10. The lowest BCUT2D eigenvalue weighted by molar-refractivity contribution is 0.127. The van der Waals surface area contributed by atoms with Gasteiger partial charge >= 0.3 is 0 Å². The second-order valence-electron chi connectivity index (χ2n) is 5.62. The van der Waals surface area contributed by atoms with Crippen LogP contribution < -0.4 is 5.32 Å². The Kier molecular flexibility index (Phi) is 18.8. The van der Waals surface area contributed by atoms with Gasteiger partial charge in [0.25, 0.3) is 0 Å². The monoisotopic (exact) mass is 287 g/mol. The van der Waals surface area contributed by atoms with Crippen LogP contribution in [-0.4, -0.2) is 38.0 Å². The van der Waals surface area contributed by atoms with Crippen molar-refractivity contribution in [1.82, 2.24) is 5.32 Å². The smallest absolute Gasteiger partial charge is 0.0555 e. The van der Waals surface area contributed by atoms with E-state index in [1.807, 2.05) is 0 Å². The van der Waals surface area contributed by atoms with Crippen molar-refractivity contribution in [3.05, 3.63) is 0 Å². The van der Waals surface area contributed by atoms with E-state index in [0.29, 0.717) is 6.54 Å². The molecule has 3 heteroatoms. The van der Waals surface area contributed by atoms with Crippen molar-refractivity contribution >= 4 is 0 Å². The van der Waals surface area contributed by atoms with Gasteiger partial charge in [0.2, 0.25) is 0 Å². The average Bonchev–Trinajstić information content (AvgIpc) is 2.47. The van der Waals surface area contributed by atoms with E-state index in [-0.39, 0.29) is 6.61 Å². The molecule has 0 bridgehead atoms. The maximum atomic E-state index is 8.59. The van der Waals surface area contributed by atoms with Gasteiger partial charge in [-0.1, -0.05) is 64.7 Å². The molecule has 3 nitrogen and oxygen atoms in total. The molecule has 0 spiro atoms. The van der Waals surface area contributed by atoms with E-state index in [9.17, 15) is 0 Å². The predicted octanol–water partition coefficient (Wildman–Crippen LogP) is 3.90. The number of hydrogen-bond donors (Lipinski definition) is 2. The third-order valence-corrected chi connectivity index (χ3v) is 3.57. The topological polar surface area (TPSA) is 41.5 Å². The Morgan fingerprint density at radius 3 is 1.85 bits per heavy atom. The fraction of sp³-hybridized carbons (Fsp3) is 1.00. The van der Waals surface area contributed by atoms with Gasteiger partial charge in [0.15, 0.2) is 0 Å². The first-order valence-electron chi connectivity index (χ1n) is 8.81. The molecule has 0 heterocycles. The molecule has 0 aromatic heterocycles. The van der Waals surface area contributed by atoms with E-state index in [1.54, 1.807) is 0 Å². The maximum Gasteiger partial charge on any atom is 0.0555 e. The first kappa shape index (κ1) is 19.9. The molecule has 0 amide bonds. The zero-order valence-corrected chi connectivity index (χ0v) is 13.7. The molecular formula is C17H37NO2. The Hall–Kier alpha value is -0.120. The van der Waals surface area contributed by atoms with Gasteiger partial charge in [0.1, 0.15) is 0 Å². The summed E-state index contributed by atoms with van der Waals surface area (Å²) in [6.45, 7) is 5.89. The van der Waals surface area contributed by atoms with Crippen LogP contribution in [0.3, 0.4) is 0 Å². The van der Waals surface area contributed by atoms with Crippen molar-refractivity contribution in [3.63, 3.8) is 0 Å². The van der Waals surface area contributed by atoms with Crippen molar-refractivity contribution < 1.29 is 9.84 Å². The zero-order valence-electron chi connectivity index (χ0n) is 13.7. The van der Waals surface area contributed by atoms with Crippen molar-refractivity contribution in [1.29, 1.82) is 0 Å². The molecule has 0 aromatic rings. The van der Waals surface area contributed by atoms with Crippen molar-refractivity contribution in [2.45, 2.75) is 77.6 Å². The molecule has 0 unspecified atom stereocenters. The van der Waals surface area contributed by atoms with Crippen LogP contribution in [0.25, 0.3) is 0 Å². The van der Waals surface area contributed by atoms with Crippen LogP contribution in [0.5, 0.6) is 0 Å². The van der Waals surface area contributed by atoms with Crippen LogP contribution in [0.1, 0.15) is 77.6 Å². The van der Waals surface area contributed by atoms with E-state index in [1.165, 1.54) is 64.2 Å². The maximum absolute atomic E-state index is 8.59. The lowest BCUT2D eigenvalue weighted by atomic mass is 10.1. The van der Waals surface area contributed by atoms with Crippen molar-refractivity contribution in [3.8, 4) is 0 Å². The molecule has 0 aliphatic rings. The molecule has 0 aromatic carbocycles. The van der Waals surface area contributed by atoms with E-state index in [4.69, 9.17) is 9.84 Å². The highest BCUT2D eigenvalue weighted by molar-refractivity contribution is 4.48. The summed E-state index contributed by atoms with van der Waals surface area (Å²) >= 11 is 0. The molecule has 20 heavy (non-hydrogen) atoms. The molecule has 0 rings (SSSR count). The van der Waals surface area contributed by atoms with Gasteiger partial charge in [-0.3, -0.25) is 0 Å². The fourth-order valence-corrected chi connectivity index (χ4v) is 2.30. The standard InChI is InChI=1S/C17H37NO2/c1-2-3-4-5-6-7-8-9-10-11-16-20-17-12-13-18-14-15-19/h18-19H,2-17H2,1H3. The van der Waals surface area contributed by atoms with E-state index in [0.717, 1.165) is 26.2 Å². The summed E-state index contributed by atoms with van der Waals surface area (Å²) in [5.74, 6) is 0. The van der Waals surface area contributed by atoms with Gasteiger partial charge in [-0.2, -0.15) is 0 Å². The number of rotatable bonds is 17. The Labute approximate surface area is 126 Å². The Morgan fingerprint density at radius 1 is 0.700 bits per heavy atom. The molecule has 0 radical (unpaired) electrons. The van der Waals surface area contributed by atoms with Crippen LogP contribution in [0.15, 0.2) is 0 Å². The molecule has 0 aliphatic heterocycles. The van der Waals surface area contributed by atoms with Crippen molar-refractivity contribution in [2.24, 2.45) is 0 Å². The first-order chi connectivity index (χ1) is 9.91. The molecule has 0 saturated heterocycles. The SMILES string of the molecule is CCCCCCCCCCCCOCCCNCCO. The molecule has 0 saturated carbocycles. The summed E-state index contributed by atoms with van der Waals surface area (Å²) in [5, 5.41) is 11.7. The summed E-state index contributed by atoms with van der Waals surface area (Å²) in [4.78, 5) is 0. The van der Waals surface area contributed by atoms with Gasteiger partial charge in [-0.15, -0.1) is 0 Å². The van der Waals surface area contributed by atoms with Crippen LogP contribution in [0.4, 0.5) is 0 Å². The number of aliphatic hydroxyl groups excluding tert-OH is 1. The minimum absolute atomic E-state index is 0.222. The third-order valence-electron chi connectivity index (χ3n) is 3.57. The van der Waals surface area contributed by atoms with Crippen molar-refractivity contribution in [2.75, 3.05) is 32.9 Å². The quantitative estimate of drug-likeness (QED) is 0.399. The van der Waals surface area contributed by atoms with Crippen LogP contribution in [0, 0.1) is 0 Å². The van der Waals surface area contributed by atoms with Gasteiger partial charge < -0.3 is 15.2 Å². The molecular weight excluding hydrogens is 250 g/mol. The molecule has 122 valence electrons. The summed E-state index contributed by atoms with van der Waals surface area (Å²) in [7, 11) is 0. The average molecular weight is 287 g/mol. The third kappa shape index (κ3) is 17.9. The Bertz CT molecular complexity index is 147. The van der Waals surface area contributed by atoms with E-state index >= 15 is 0 Å². The highest BCUT2D eigenvalue weighted by atomic mass is 16.5. The lowest BCUT2D eigenvalue weighted by Crippen LogP contribution is -2.20. The van der Waals surface area contributed by atoms with Gasteiger partial charge in [0, 0.05) is 19.8 Å². The minimum atomic E-state index is 0.222. The number of aliphatic hydroxyl groups is 1. The normalized spacial score (nSPS) is 11.1. The Balaban J connectivity index is 2.89. The fourth-order valence-electron chi connectivity index (χ4n) is 2.30. The second-order valence-corrected chi connectivity index (χ2v) is 5.62. The molecule has 2 N–H and O–H groups in total. The largest absolute Gasteiger partial charge is 0.395 e. The summed E-state index contributed by atoms with van der Waals surface area (Å²) in [6, 6.07) is 0. The number of unbranched alkanes of at least 4 members (excludes halogenated alkanes) is 9. The van der Waals surface area contributed by atoms with E-state index in [2.05, 4.69) is 12.2 Å². The number of nitrogens with one attached hydrogen (secondary N) is 1. The second kappa shape index (κ2) is 18.9. The number of hydrogen-bond acceptors (Lipinski definition) is 3. The van der Waals surface area contributed by atoms with Crippen LogP contribution in [0.2, 0.25) is 0 Å². The van der Waals surface area contributed by atoms with Gasteiger partial charge in [-0.25, -0.2) is 0 Å². The minimum Gasteiger partial charge on any atom is -0.395 e. The number of ether oxygens (including phenoxy) is 1. The Morgan fingerprint density at radius 2 is 1.25 bits per heavy atom. The van der Waals surface area contributed by atoms with Crippen LogP contribution in [-0.2, 0) is 4.74 Å². The predicted molar refractivity (Wildman–Crippen MR) is 87.2 cm³/mol.